The monoisotopic (exact) mass is 554 g/mol. The first-order chi connectivity index (χ1) is 24.7. The van der Waals surface area contributed by atoms with E-state index in [-0.39, 0.29) is 51.3 Å². The topological polar surface area (TPSA) is 13.1 Å². The smallest absolute Gasteiger partial charge is 0.143 e. The van der Waals surface area contributed by atoms with Crippen LogP contribution in [0.3, 0.4) is 0 Å². The Morgan fingerprint density at radius 1 is 0.372 bits per heavy atom. The molecule has 0 aliphatic heterocycles. The van der Waals surface area contributed by atoms with Gasteiger partial charge in [0.15, 0.2) is 0 Å². The van der Waals surface area contributed by atoms with Crippen molar-refractivity contribution in [3.8, 4) is 33.4 Å². The predicted molar refractivity (Wildman–Crippen MR) is 183 cm³/mol. The highest BCUT2D eigenvalue weighted by atomic mass is 16.3. The van der Waals surface area contributed by atoms with E-state index in [9.17, 15) is 5.48 Å². The van der Waals surface area contributed by atoms with Gasteiger partial charge in [0.1, 0.15) is 11.2 Å². The van der Waals surface area contributed by atoms with Crippen LogP contribution in [0.4, 0.5) is 0 Å². The second-order valence-corrected chi connectivity index (χ2v) is 10.6. The van der Waals surface area contributed by atoms with Gasteiger partial charge in [0.25, 0.3) is 0 Å². The van der Waals surface area contributed by atoms with Gasteiger partial charge in [-0.3, -0.25) is 0 Å². The van der Waals surface area contributed by atoms with Gasteiger partial charge in [-0.1, -0.05) is 151 Å². The summed E-state index contributed by atoms with van der Waals surface area (Å²) >= 11 is 0. The Morgan fingerprint density at radius 3 is 1.56 bits per heavy atom. The maximum atomic E-state index is 9.40. The molecule has 1 aromatic heterocycles. The molecule has 0 saturated heterocycles. The molecule has 0 spiro atoms. The van der Waals surface area contributed by atoms with Gasteiger partial charge in [-0.15, -0.1) is 0 Å². The molecule has 0 aliphatic rings. The van der Waals surface area contributed by atoms with Crippen molar-refractivity contribution in [1.29, 1.82) is 0 Å². The van der Waals surface area contributed by atoms with Gasteiger partial charge in [0, 0.05) is 21.9 Å². The van der Waals surface area contributed by atoms with Crippen LogP contribution in [0, 0.1) is 0 Å². The molecule has 1 heteroatoms. The van der Waals surface area contributed by atoms with E-state index in [1.54, 1.807) is 6.07 Å². The van der Waals surface area contributed by atoms with Gasteiger partial charge >= 0.3 is 0 Å². The summed E-state index contributed by atoms with van der Waals surface area (Å²) in [5, 5.41) is 3.92. The second kappa shape index (κ2) is 9.44. The first-order valence-electron chi connectivity index (χ1n) is 18.1. The molecule has 9 rings (SSSR count). The van der Waals surface area contributed by atoms with Crippen molar-refractivity contribution in [3.63, 3.8) is 0 Å². The van der Waals surface area contributed by atoms with Crippen LogP contribution < -0.4 is 0 Å². The first kappa shape index (κ1) is 17.3. The molecule has 9 aromatic rings. The largest absolute Gasteiger partial charge is 0.455 e. The first-order valence-corrected chi connectivity index (χ1v) is 14.1. The van der Waals surface area contributed by atoms with Crippen LogP contribution in [0.15, 0.2) is 162 Å². The zero-order valence-corrected chi connectivity index (χ0v) is 22.8. The van der Waals surface area contributed by atoms with Gasteiger partial charge in [-0.05, 0) is 60.6 Å². The summed E-state index contributed by atoms with van der Waals surface area (Å²) in [4.78, 5) is 0. The molecule has 200 valence electrons. The number of hydrogen-bond donors (Lipinski definition) is 0. The van der Waals surface area contributed by atoms with E-state index < -0.39 is 24.2 Å². The number of benzene rings is 8. The summed E-state index contributed by atoms with van der Waals surface area (Å²) in [6.45, 7) is 0. The average Bonchev–Trinajstić information content (AvgIpc) is 3.55. The Kier molecular flexibility index (Phi) is 3.80. The van der Waals surface area contributed by atoms with E-state index in [1.165, 1.54) is 0 Å². The van der Waals surface area contributed by atoms with Crippen molar-refractivity contribution in [2.45, 2.75) is 0 Å². The lowest BCUT2D eigenvalue weighted by Crippen LogP contribution is -1.92. The minimum Gasteiger partial charge on any atom is -0.455 e. The fourth-order valence-corrected chi connectivity index (χ4v) is 6.49. The third kappa shape index (κ3) is 3.58. The van der Waals surface area contributed by atoms with E-state index in [2.05, 4.69) is 0 Å². The molecule has 0 atom stereocenters. The summed E-state index contributed by atoms with van der Waals surface area (Å²) in [6.07, 6.45) is 0. The summed E-state index contributed by atoms with van der Waals surface area (Å²) in [7, 11) is 0. The van der Waals surface area contributed by atoms with Gasteiger partial charge in [-0.25, -0.2) is 0 Å². The third-order valence-corrected chi connectivity index (χ3v) is 8.33. The molecule has 0 aliphatic carbocycles. The van der Waals surface area contributed by atoms with Crippen LogP contribution in [0.2, 0.25) is 0 Å². The predicted octanol–water partition coefficient (Wildman–Crippen LogP) is 12.0. The van der Waals surface area contributed by atoms with E-state index in [0.29, 0.717) is 27.9 Å². The molecule has 1 nitrogen and oxygen atoms in total. The standard InChI is InChI=1S/C42H26O/c1-2-13-27(14-3-1)28-25-26-36(30-16-5-4-15-29(28)30)40-32-18-6-8-20-34(32)41(35-21-9-7-19-33(35)40)38-23-12-22-37-31-17-10-11-24-39(31)43-42(37)38/h1-26H/i6D,7D,8D,9D,18D,19D,20D,21D. The Bertz CT molecular complexity index is 2870. The molecule has 0 unspecified atom stereocenters. The van der Waals surface area contributed by atoms with Crippen molar-refractivity contribution in [3.05, 3.63) is 158 Å². The second-order valence-electron chi connectivity index (χ2n) is 10.6. The van der Waals surface area contributed by atoms with Crippen molar-refractivity contribution in [2.75, 3.05) is 0 Å². The highest BCUT2D eigenvalue weighted by Crippen LogP contribution is 2.48. The van der Waals surface area contributed by atoms with Crippen molar-refractivity contribution in [2.24, 2.45) is 0 Å². The quantitative estimate of drug-likeness (QED) is 0.198. The van der Waals surface area contributed by atoms with Crippen LogP contribution in [0.5, 0.6) is 0 Å². The van der Waals surface area contributed by atoms with Crippen molar-refractivity contribution >= 4 is 54.3 Å². The molecule has 8 aromatic carbocycles. The fraction of sp³-hybridized carbons (Fsp3) is 0. The summed E-state index contributed by atoms with van der Waals surface area (Å²) < 4.78 is 79.3. The zero-order chi connectivity index (χ0) is 35.3. The summed E-state index contributed by atoms with van der Waals surface area (Å²) in [5.41, 5.74) is 4.65. The number of hydrogen-bond acceptors (Lipinski definition) is 1. The van der Waals surface area contributed by atoms with E-state index in [4.69, 9.17) is 9.90 Å². The fourth-order valence-electron chi connectivity index (χ4n) is 6.49. The summed E-state index contributed by atoms with van der Waals surface area (Å²) in [6, 6.07) is 31.6. The molecule has 0 saturated carbocycles. The van der Waals surface area contributed by atoms with Gasteiger partial charge in [0.2, 0.25) is 0 Å². The minimum atomic E-state index is -0.444. The van der Waals surface area contributed by atoms with Crippen LogP contribution in [-0.2, 0) is 0 Å². The van der Waals surface area contributed by atoms with Crippen LogP contribution in [0.25, 0.3) is 87.6 Å². The van der Waals surface area contributed by atoms with E-state index in [1.807, 2.05) is 103 Å². The molecular formula is C42H26O. The van der Waals surface area contributed by atoms with Gasteiger partial charge < -0.3 is 4.42 Å². The lowest BCUT2D eigenvalue weighted by molar-refractivity contribution is 0.670. The number of para-hydroxylation sites is 2. The molecule has 1 heterocycles. The summed E-state index contributed by atoms with van der Waals surface area (Å²) in [5.74, 6) is 0. The Morgan fingerprint density at radius 2 is 0.884 bits per heavy atom. The number of rotatable bonds is 3. The minimum absolute atomic E-state index is 0.151. The number of fused-ring (bicyclic) bond motifs is 6. The van der Waals surface area contributed by atoms with Gasteiger partial charge in [0.05, 0.1) is 11.0 Å². The maximum absolute atomic E-state index is 9.40. The van der Waals surface area contributed by atoms with Crippen molar-refractivity contribution in [1.82, 2.24) is 0 Å². The van der Waals surface area contributed by atoms with Crippen LogP contribution in [-0.4, -0.2) is 0 Å². The molecule has 0 radical (unpaired) electrons. The highest BCUT2D eigenvalue weighted by Gasteiger charge is 2.21. The van der Waals surface area contributed by atoms with Gasteiger partial charge in [-0.2, -0.15) is 0 Å². The Hall–Kier alpha value is -5.66. The maximum Gasteiger partial charge on any atom is 0.143 e. The normalized spacial score (nSPS) is 14.3. The molecular weight excluding hydrogens is 520 g/mol. The molecule has 0 fully saturated rings. The highest BCUT2D eigenvalue weighted by molar-refractivity contribution is 6.26. The Labute approximate surface area is 260 Å². The molecule has 43 heavy (non-hydrogen) atoms. The molecule has 0 N–H and O–H groups in total. The SMILES string of the molecule is [2H]c1c([2H])c([2H])c2c(-c3cccc4c3oc3ccccc34)c3c([2H])c([2H])c([2H])c([2H])c3c(-c3ccc(-c4ccccc4)c4ccccc34)c2c1[2H]. The molecule has 0 amide bonds. The zero-order valence-electron chi connectivity index (χ0n) is 30.8. The average molecular weight is 555 g/mol. The Balaban J connectivity index is 1.57. The van der Waals surface area contributed by atoms with Crippen molar-refractivity contribution < 1.29 is 15.4 Å². The third-order valence-electron chi connectivity index (χ3n) is 8.33. The van der Waals surface area contributed by atoms with E-state index in [0.717, 1.165) is 32.7 Å². The lowest BCUT2D eigenvalue weighted by atomic mass is 9.83. The van der Waals surface area contributed by atoms with Crippen LogP contribution >= 0.6 is 0 Å². The number of furan rings is 1. The van der Waals surface area contributed by atoms with Crippen LogP contribution in [0.1, 0.15) is 11.0 Å². The lowest BCUT2D eigenvalue weighted by Gasteiger charge is -2.19. The van der Waals surface area contributed by atoms with E-state index >= 15 is 0 Å². The molecule has 0 bridgehead atoms.